The zero-order chi connectivity index (χ0) is 80.4. The summed E-state index contributed by atoms with van der Waals surface area (Å²) in [6, 6.07) is 4.25. The number of aliphatic carboxylic acids is 1. The number of nitrogens with one attached hydrogen (secondary N) is 7. The summed E-state index contributed by atoms with van der Waals surface area (Å²) in [5.41, 5.74) is 6.04. The zero-order valence-electron chi connectivity index (χ0n) is 65.7. The van der Waals surface area contributed by atoms with Gasteiger partial charge in [0.1, 0.15) is 24.7 Å². The van der Waals surface area contributed by atoms with Gasteiger partial charge >= 0.3 is 18.1 Å². The standard InChI is InChI=1S/C76H118N12O19S/c1-17-46(8)66(86(12)73(100)64(44(4)5)84-71(98)65(45(6)7)85(10)11)57(105-15)36-60(91)88-40-51(35-53(88)67(106-16)47(9)68(95)79-39-54(89)49-26-29-55(103-13)56(34-49)104-14)81-75(102)107-41-48-24-27-50(28-25-48)80-69(96)52(22-21-32-78-74(77)101)82-70(97)63(43(2)3)83-59(90)23-19-18-20-33-87-61(92)37-58(72(87)99)108-42-76(30-31-76)38-62(93)94/h24-29,34,43-47,51-53,57-58,63-67H,17-23,30-33,35-42H2,1-16H3,(H,79,95)(H,80,96)(H,81,102)(H,82,97)(H,83,90)(H,84,98)(H,93,94)(H3,77,78,101)/t46-,47+,51-,52?,53-,57+,58?,63-,64-,65-,66?,67+/m0/s1. The summed E-state index contributed by atoms with van der Waals surface area (Å²) in [7, 11) is 11.0. The number of benzene rings is 2. The molecule has 0 bridgehead atoms. The van der Waals surface area contributed by atoms with E-state index in [4.69, 9.17) is 29.4 Å². The lowest BCUT2D eigenvalue weighted by Gasteiger charge is -2.41. The number of anilines is 1. The Balaban J connectivity index is 1.25. The molecule has 5 rings (SSSR count). The number of ether oxygens (including phenoxy) is 5. The molecule has 31 nitrogen and oxygen atoms in total. The molecule has 2 aromatic carbocycles. The number of thioether (sulfide) groups is 1. The smallest absolute Gasteiger partial charge is 0.407 e. The van der Waals surface area contributed by atoms with Crippen LogP contribution in [0, 0.1) is 35.0 Å². The van der Waals surface area contributed by atoms with Crippen molar-refractivity contribution in [3.63, 3.8) is 0 Å². The lowest BCUT2D eigenvalue weighted by atomic mass is 9.89. The van der Waals surface area contributed by atoms with Crippen molar-refractivity contribution in [2.45, 2.75) is 212 Å². The van der Waals surface area contributed by atoms with Crippen LogP contribution in [-0.4, -0.2) is 243 Å². The van der Waals surface area contributed by atoms with Crippen molar-refractivity contribution in [1.82, 2.24) is 51.5 Å². The fourth-order valence-electron chi connectivity index (χ4n) is 14.0. The first-order chi connectivity index (χ1) is 51.0. The maximum atomic E-state index is 15.1. The normalized spacial score (nSPS) is 18.5. The molecule has 108 heavy (non-hydrogen) atoms. The van der Waals surface area contributed by atoms with Crippen LogP contribution in [-0.2, 0) is 68.8 Å². The highest BCUT2D eigenvalue weighted by Crippen LogP contribution is 2.52. The fraction of sp³-hybridized carbons (Fsp3) is 0.671. The Labute approximate surface area is 639 Å². The number of urea groups is 1. The molecular weight excluding hydrogens is 1420 g/mol. The highest BCUT2D eigenvalue weighted by molar-refractivity contribution is 8.00. The van der Waals surface area contributed by atoms with E-state index in [1.165, 1.54) is 56.1 Å². The van der Waals surface area contributed by atoms with Crippen LogP contribution in [0.2, 0.25) is 0 Å². The predicted octanol–water partition coefficient (Wildman–Crippen LogP) is 5.24. The Morgan fingerprint density at radius 3 is 1.99 bits per heavy atom. The van der Waals surface area contributed by atoms with E-state index in [1.807, 2.05) is 46.4 Å². The van der Waals surface area contributed by atoms with E-state index in [0.29, 0.717) is 54.2 Å². The summed E-state index contributed by atoms with van der Waals surface area (Å²) in [6.07, 6.45) is 0.978. The maximum absolute atomic E-state index is 15.1. The van der Waals surface area contributed by atoms with Gasteiger partial charge in [0.25, 0.3) is 0 Å². The number of carbonyl (C=O) groups excluding carboxylic acids is 12. The molecule has 12 atom stereocenters. The van der Waals surface area contributed by atoms with Gasteiger partial charge in [0.05, 0.1) is 81.1 Å². The quantitative estimate of drug-likeness (QED) is 0.0232. The second-order valence-corrected chi connectivity index (χ2v) is 31.1. The van der Waals surface area contributed by atoms with Gasteiger partial charge in [0.15, 0.2) is 17.3 Å². The Hall–Kier alpha value is -8.62. The number of carboxylic acids is 1. The molecule has 2 heterocycles. The summed E-state index contributed by atoms with van der Waals surface area (Å²) in [5, 5.41) is 28.1. The van der Waals surface area contributed by atoms with E-state index in [2.05, 4.69) is 37.2 Å². The number of carbonyl (C=O) groups is 13. The van der Waals surface area contributed by atoms with Crippen molar-refractivity contribution in [3.05, 3.63) is 53.6 Å². The number of rotatable bonds is 46. The largest absolute Gasteiger partial charge is 0.493 e. The van der Waals surface area contributed by atoms with E-state index in [-0.39, 0.29) is 130 Å². The molecule has 0 radical (unpaired) electrons. The van der Waals surface area contributed by atoms with Crippen molar-refractivity contribution in [1.29, 1.82) is 0 Å². The number of likely N-dealkylation sites (N-methyl/N-ethyl adjacent to an activating group) is 2. The zero-order valence-corrected chi connectivity index (χ0v) is 66.5. The van der Waals surface area contributed by atoms with Crippen LogP contribution in [0.5, 0.6) is 11.5 Å². The first-order valence-corrected chi connectivity index (χ1v) is 38.3. The molecule has 602 valence electrons. The van der Waals surface area contributed by atoms with E-state index in [0.717, 1.165) is 12.8 Å². The number of ketones is 1. The summed E-state index contributed by atoms with van der Waals surface area (Å²) < 4.78 is 28.6. The number of carboxylic acid groups (broad SMARTS) is 1. The van der Waals surface area contributed by atoms with E-state index in [9.17, 15) is 62.6 Å². The van der Waals surface area contributed by atoms with Crippen molar-refractivity contribution in [2.24, 2.45) is 40.7 Å². The molecular formula is C76H118N12O19S. The number of nitrogens with zero attached hydrogens (tertiary/aromatic N) is 4. The third-order valence-electron chi connectivity index (χ3n) is 20.5. The van der Waals surface area contributed by atoms with Crippen LogP contribution >= 0.6 is 11.8 Å². The highest BCUT2D eigenvalue weighted by atomic mass is 32.2. The second-order valence-electron chi connectivity index (χ2n) is 29.9. The Bertz CT molecular complexity index is 3420. The fourth-order valence-corrected chi connectivity index (χ4v) is 15.4. The number of unbranched alkanes of at least 4 members (excludes halogenated alkanes) is 2. The number of hydrogen-bond acceptors (Lipinski definition) is 20. The summed E-state index contributed by atoms with van der Waals surface area (Å²) in [4.78, 5) is 181. The molecule has 3 unspecified atom stereocenters. The van der Waals surface area contributed by atoms with Crippen molar-refractivity contribution in [2.75, 3.05) is 86.8 Å². The molecule has 0 spiro atoms. The van der Waals surface area contributed by atoms with Gasteiger partial charge in [-0.3, -0.25) is 62.5 Å². The van der Waals surface area contributed by atoms with Gasteiger partial charge < -0.3 is 81.5 Å². The van der Waals surface area contributed by atoms with Gasteiger partial charge in [-0.05, 0) is 124 Å². The molecule has 32 heteroatoms. The minimum atomic E-state index is -1.16. The molecule has 2 aromatic rings. The SMILES string of the molecule is CC[C@H](C)C([C@@H](CC(=O)N1C[C@@H](NC(=O)OCc2ccc(NC(=O)C(CCCNC(N)=O)NC(=O)[C@@H](NC(=O)CCCCCN3C(=O)CC(SCC4(CC(=O)O)CC4)C3=O)C(C)C)cc2)C[C@H]1[C@H](OC)[C@@H](C)C(=O)NCC(=O)c1ccc(OC)c(OC)c1)OC)N(C)C(=O)[C@@H](NC(=O)[C@H](C(C)C)N(C)C)C(C)C. The monoisotopic (exact) mass is 1530 g/mol. The average Bonchev–Trinajstić information content (AvgIpc) is 1.44. The van der Waals surface area contributed by atoms with Gasteiger partial charge in [0.2, 0.25) is 53.2 Å². The summed E-state index contributed by atoms with van der Waals surface area (Å²) >= 11 is 1.34. The summed E-state index contributed by atoms with van der Waals surface area (Å²) in [5.74, 6) is -5.98. The van der Waals surface area contributed by atoms with Crippen molar-refractivity contribution < 1.29 is 91.1 Å². The van der Waals surface area contributed by atoms with E-state index >= 15 is 4.79 Å². The van der Waals surface area contributed by atoms with Gasteiger partial charge in [-0.25, -0.2) is 9.59 Å². The molecule has 10 N–H and O–H groups in total. The molecule has 1 saturated carbocycles. The number of primary amides is 1. The molecule has 0 aromatic heterocycles. The number of amides is 12. The number of Topliss-reactive ketones (excluding diaryl/α,β-unsaturated/α-hetero) is 1. The number of alkyl carbamates (subject to hydrolysis) is 1. The lowest BCUT2D eigenvalue weighted by Crippen LogP contribution is -2.59. The number of hydrogen-bond donors (Lipinski definition) is 9. The number of imide groups is 1. The van der Waals surface area contributed by atoms with Gasteiger partial charge in [-0.2, -0.15) is 0 Å². The Morgan fingerprint density at radius 1 is 0.750 bits per heavy atom. The van der Waals surface area contributed by atoms with Gasteiger partial charge in [0, 0.05) is 70.7 Å². The molecule has 1 aliphatic carbocycles. The molecule has 3 fully saturated rings. The highest BCUT2D eigenvalue weighted by Gasteiger charge is 2.49. The topological polar surface area (TPSA) is 411 Å². The Kier molecular flexibility index (Phi) is 35.8. The van der Waals surface area contributed by atoms with Crippen LogP contribution in [0.1, 0.15) is 162 Å². The van der Waals surface area contributed by atoms with Crippen LogP contribution < -0.4 is 52.4 Å². The van der Waals surface area contributed by atoms with Crippen LogP contribution in [0.4, 0.5) is 15.3 Å². The van der Waals surface area contributed by atoms with Crippen LogP contribution in [0.3, 0.4) is 0 Å². The minimum Gasteiger partial charge on any atom is -0.493 e. The van der Waals surface area contributed by atoms with Crippen LogP contribution in [0.15, 0.2) is 42.5 Å². The minimum absolute atomic E-state index is 0.0373. The number of methoxy groups -OCH3 is 4. The third-order valence-corrected chi connectivity index (χ3v) is 22.0. The molecule has 12 amide bonds. The number of likely N-dealkylation sites (tertiary alicyclic amines) is 2. The maximum Gasteiger partial charge on any atom is 0.407 e. The van der Waals surface area contributed by atoms with Crippen LogP contribution in [0.25, 0.3) is 0 Å². The Morgan fingerprint density at radius 2 is 1.42 bits per heavy atom. The average molecular weight is 1540 g/mol. The lowest BCUT2D eigenvalue weighted by molar-refractivity contribution is -0.148. The second kappa shape index (κ2) is 43.0. The molecule has 2 saturated heterocycles. The molecule has 2 aliphatic heterocycles. The van der Waals surface area contributed by atoms with E-state index in [1.54, 1.807) is 83.2 Å². The molecule has 3 aliphatic rings. The van der Waals surface area contributed by atoms with Gasteiger partial charge in [-0.15, -0.1) is 11.8 Å². The number of nitrogens with two attached hydrogens (primary N) is 1. The predicted molar refractivity (Wildman–Crippen MR) is 405 cm³/mol. The van der Waals surface area contributed by atoms with Crippen molar-refractivity contribution in [3.8, 4) is 11.5 Å². The van der Waals surface area contributed by atoms with Gasteiger partial charge in [-0.1, -0.05) is 87.3 Å². The van der Waals surface area contributed by atoms with Crippen molar-refractivity contribution >= 4 is 94.5 Å². The first-order valence-electron chi connectivity index (χ1n) is 37.3. The summed E-state index contributed by atoms with van der Waals surface area (Å²) in [6.45, 7) is 16.1. The third kappa shape index (κ3) is 26.3. The van der Waals surface area contributed by atoms with E-state index < -0.39 is 125 Å². The first kappa shape index (κ1) is 90.0.